The summed E-state index contributed by atoms with van der Waals surface area (Å²) in [5.74, 6) is 0.983. The molecule has 8 nitrogen and oxygen atoms in total. The SMILES string of the molecule is Cc1nc(-c2ccnc(Nc3ccc(C(=O)NO)s3)n2)c(C(C)C)[nH]1. The Kier molecular flexibility index (Phi) is 4.77. The number of amides is 1. The number of aromatic nitrogens is 4. The van der Waals surface area contributed by atoms with Gasteiger partial charge in [-0.05, 0) is 31.0 Å². The number of carbonyl (C=O) groups excluding carboxylic acids is 1. The molecule has 0 saturated heterocycles. The highest BCUT2D eigenvalue weighted by atomic mass is 32.1. The molecule has 9 heteroatoms. The lowest BCUT2D eigenvalue weighted by molar-refractivity contribution is 0.0711. The second-order valence-corrected chi connectivity index (χ2v) is 6.82. The van der Waals surface area contributed by atoms with Crippen molar-refractivity contribution in [3.05, 3.63) is 40.8 Å². The molecule has 0 unspecified atom stereocenters. The molecule has 0 saturated carbocycles. The molecule has 3 aromatic rings. The van der Waals surface area contributed by atoms with E-state index in [4.69, 9.17) is 5.21 Å². The summed E-state index contributed by atoms with van der Waals surface area (Å²) >= 11 is 1.19. The Balaban J connectivity index is 1.87. The standard InChI is InChI=1S/C16H18N6O2S/c1-8(2)13-14(19-9(3)18-13)10-6-7-17-16(20-10)21-12-5-4-11(25-12)15(23)22-24/h4-8,24H,1-3H3,(H,18,19)(H,22,23)(H,17,20,21). The van der Waals surface area contributed by atoms with Crippen molar-refractivity contribution < 1.29 is 10.0 Å². The summed E-state index contributed by atoms with van der Waals surface area (Å²) in [6, 6.07) is 5.14. The zero-order valence-electron chi connectivity index (χ0n) is 14.0. The van der Waals surface area contributed by atoms with E-state index in [0.29, 0.717) is 21.7 Å². The van der Waals surface area contributed by atoms with Crippen LogP contribution in [0.15, 0.2) is 24.4 Å². The van der Waals surface area contributed by atoms with Gasteiger partial charge in [0, 0.05) is 11.9 Å². The molecule has 0 aliphatic carbocycles. The molecule has 0 aliphatic heterocycles. The second kappa shape index (κ2) is 6.99. The summed E-state index contributed by atoms with van der Waals surface area (Å²) in [5.41, 5.74) is 4.16. The predicted molar refractivity (Wildman–Crippen MR) is 95.3 cm³/mol. The molecule has 0 radical (unpaired) electrons. The molecule has 0 spiro atoms. The zero-order chi connectivity index (χ0) is 18.0. The van der Waals surface area contributed by atoms with Crippen LogP contribution in [0.25, 0.3) is 11.4 Å². The number of hydrogen-bond acceptors (Lipinski definition) is 7. The minimum absolute atomic E-state index is 0.291. The van der Waals surface area contributed by atoms with Crippen LogP contribution in [0.2, 0.25) is 0 Å². The number of aromatic amines is 1. The van der Waals surface area contributed by atoms with E-state index in [0.717, 1.165) is 22.9 Å². The van der Waals surface area contributed by atoms with Gasteiger partial charge in [0.2, 0.25) is 5.95 Å². The summed E-state index contributed by atoms with van der Waals surface area (Å²) in [6.45, 7) is 6.10. The maximum atomic E-state index is 11.4. The van der Waals surface area contributed by atoms with Gasteiger partial charge in [-0.15, -0.1) is 11.3 Å². The number of thiophene rings is 1. The lowest BCUT2D eigenvalue weighted by atomic mass is 10.1. The average Bonchev–Trinajstić information content (AvgIpc) is 3.21. The Morgan fingerprint density at radius 3 is 2.80 bits per heavy atom. The van der Waals surface area contributed by atoms with Crippen LogP contribution >= 0.6 is 11.3 Å². The third kappa shape index (κ3) is 3.67. The first-order valence-corrected chi connectivity index (χ1v) is 8.50. The number of imidazole rings is 1. The Labute approximate surface area is 148 Å². The summed E-state index contributed by atoms with van der Waals surface area (Å²) in [6.07, 6.45) is 1.66. The van der Waals surface area contributed by atoms with Gasteiger partial charge in [-0.1, -0.05) is 13.8 Å². The van der Waals surface area contributed by atoms with Gasteiger partial charge in [-0.3, -0.25) is 10.0 Å². The molecule has 0 aliphatic rings. The monoisotopic (exact) mass is 358 g/mol. The van der Waals surface area contributed by atoms with Crippen LogP contribution in [0, 0.1) is 6.92 Å². The van der Waals surface area contributed by atoms with Crippen molar-refractivity contribution in [1.82, 2.24) is 25.4 Å². The Bertz CT molecular complexity index is 902. The fraction of sp³-hybridized carbons (Fsp3) is 0.250. The van der Waals surface area contributed by atoms with Gasteiger partial charge in [0.25, 0.3) is 5.91 Å². The number of anilines is 2. The Morgan fingerprint density at radius 1 is 1.28 bits per heavy atom. The maximum absolute atomic E-state index is 11.4. The van der Waals surface area contributed by atoms with Crippen LogP contribution in [0.1, 0.15) is 41.0 Å². The van der Waals surface area contributed by atoms with Gasteiger partial charge < -0.3 is 10.3 Å². The van der Waals surface area contributed by atoms with Crippen LogP contribution in [-0.4, -0.2) is 31.1 Å². The first-order chi connectivity index (χ1) is 12.0. The second-order valence-electron chi connectivity index (χ2n) is 5.73. The fourth-order valence-electron chi connectivity index (χ4n) is 2.37. The number of hydroxylamine groups is 1. The fourth-order valence-corrected chi connectivity index (χ4v) is 3.16. The Morgan fingerprint density at radius 2 is 2.08 bits per heavy atom. The van der Waals surface area contributed by atoms with Crippen molar-refractivity contribution in [3.8, 4) is 11.4 Å². The molecule has 3 heterocycles. The molecule has 3 aromatic heterocycles. The number of carbonyl (C=O) groups is 1. The molecular formula is C16H18N6O2S. The highest BCUT2D eigenvalue weighted by Crippen LogP contribution is 2.28. The highest BCUT2D eigenvalue weighted by molar-refractivity contribution is 7.18. The molecule has 0 fully saturated rings. The largest absolute Gasteiger partial charge is 0.345 e. The van der Waals surface area contributed by atoms with Crippen molar-refractivity contribution in [1.29, 1.82) is 0 Å². The van der Waals surface area contributed by atoms with Crippen LogP contribution in [0.4, 0.5) is 10.9 Å². The van der Waals surface area contributed by atoms with E-state index < -0.39 is 5.91 Å². The first kappa shape index (κ1) is 17.1. The van der Waals surface area contributed by atoms with Gasteiger partial charge in [-0.2, -0.15) is 0 Å². The van der Waals surface area contributed by atoms with E-state index in [-0.39, 0.29) is 0 Å². The van der Waals surface area contributed by atoms with Crippen molar-refractivity contribution in [2.75, 3.05) is 5.32 Å². The minimum atomic E-state index is -0.554. The van der Waals surface area contributed by atoms with Gasteiger partial charge in [0.1, 0.15) is 11.5 Å². The molecule has 3 rings (SSSR count). The quantitative estimate of drug-likeness (QED) is 0.411. The topological polar surface area (TPSA) is 116 Å². The van der Waals surface area contributed by atoms with Gasteiger partial charge in [0.05, 0.1) is 15.6 Å². The van der Waals surface area contributed by atoms with Crippen LogP contribution in [0.5, 0.6) is 0 Å². The third-order valence-corrected chi connectivity index (χ3v) is 4.49. The van der Waals surface area contributed by atoms with E-state index in [1.54, 1.807) is 23.8 Å². The predicted octanol–water partition coefficient (Wildman–Crippen LogP) is 3.22. The van der Waals surface area contributed by atoms with Gasteiger partial charge >= 0.3 is 0 Å². The number of nitrogens with one attached hydrogen (secondary N) is 3. The normalized spacial score (nSPS) is 10.9. The Hall–Kier alpha value is -2.78. The molecule has 25 heavy (non-hydrogen) atoms. The number of H-pyrrole nitrogens is 1. The highest BCUT2D eigenvalue weighted by Gasteiger charge is 2.16. The molecule has 4 N–H and O–H groups in total. The molecule has 1 amide bonds. The summed E-state index contributed by atoms with van der Waals surface area (Å²) in [7, 11) is 0. The zero-order valence-corrected chi connectivity index (χ0v) is 14.8. The van der Waals surface area contributed by atoms with Crippen molar-refractivity contribution in [2.45, 2.75) is 26.7 Å². The summed E-state index contributed by atoms with van der Waals surface area (Å²) in [4.78, 5) is 28.3. The van der Waals surface area contributed by atoms with E-state index in [2.05, 4.69) is 39.1 Å². The minimum Gasteiger partial charge on any atom is -0.345 e. The van der Waals surface area contributed by atoms with Crippen molar-refractivity contribution >= 4 is 28.2 Å². The van der Waals surface area contributed by atoms with Gasteiger partial charge in [-0.25, -0.2) is 20.4 Å². The summed E-state index contributed by atoms with van der Waals surface area (Å²) < 4.78 is 0. The van der Waals surface area contributed by atoms with Gasteiger partial charge in [0.15, 0.2) is 0 Å². The maximum Gasteiger partial charge on any atom is 0.284 e. The van der Waals surface area contributed by atoms with E-state index in [1.807, 2.05) is 13.0 Å². The number of hydrogen-bond donors (Lipinski definition) is 4. The molecule has 0 bridgehead atoms. The van der Waals surface area contributed by atoms with E-state index in [1.165, 1.54) is 11.3 Å². The third-order valence-electron chi connectivity index (χ3n) is 3.49. The molecule has 130 valence electrons. The van der Waals surface area contributed by atoms with Crippen LogP contribution in [-0.2, 0) is 0 Å². The average molecular weight is 358 g/mol. The van der Waals surface area contributed by atoms with Crippen molar-refractivity contribution in [3.63, 3.8) is 0 Å². The summed E-state index contributed by atoms with van der Waals surface area (Å²) in [5, 5.41) is 12.4. The van der Waals surface area contributed by atoms with E-state index >= 15 is 0 Å². The lowest BCUT2D eigenvalue weighted by Gasteiger charge is -2.07. The van der Waals surface area contributed by atoms with Crippen molar-refractivity contribution in [2.24, 2.45) is 0 Å². The number of aryl methyl sites for hydroxylation is 1. The lowest BCUT2D eigenvalue weighted by Crippen LogP contribution is -2.16. The van der Waals surface area contributed by atoms with Crippen LogP contribution in [0.3, 0.4) is 0 Å². The molecule has 0 aromatic carbocycles. The molecular weight excluding hydrogens is 340 g/mol. The van der Waals surface area contributed by atoms with Crippen LogP contribution < -0.4 is 10.8 Å². The molecule has 0 atom stereocenters. The number of rotatable bonds is 5. The number of nitrogens with zero attached hydrogens (tertiary/aromatic N) is 3. The first-order valence-electron chi connectivity index (χ1n) is 7.69. The smallest absolute Gasteiger partial charge is 0.284 e. The van der Waals surface area contributed by atoms with E-state index in [9.17, 15) is 4.79 Å².